The highest BCUT2D eigenvalue weighted by atomic mass is 19.1. The molecule has 2 saturated heterocycles. The Morgan fingerprint density at radius 2 is 1.88 bits per heavy atom. The summed E-state index contributed by atoms with van der Waals surface area (Å²) in [5, 5.41) is 2.77. The van der Waals surface area contributed by atoms with Crippen molar-refractivity contribution in [3.8, 4) is 0 Å². The molecule has 2 aliphatic heterocycles. The standard InChI is InChI=1S/C17H24FN3O3/c1-12-10-21(11-13(2)24-12)17(22)19-14-3-4-16(15(18)9-14)20-5-7-23-8-6-20/h3-4,9,12-13H,5-8,10-11H2,1-2H3,(H,19,22). The van der Waals surface area contributed by atoms with Crippen LogP contribution in [0.5, 0.6) is 0 Å². The predicted octanol–water partition coefficient (Wildman–Crippen LogP) is 2.30. The second-order valence-corrected chi connectivity index (χ2v) is 6.36. The van der Waals surface area contributed by atoms with Gasteiger partial charge in [0.15, 0.2) is 0 Å². The molecular weight excluding hydrogens is 313 g/mol. The summed E-state index contributed by atoms with van der Waals surface area (Å²) in [6.07, 6.45) is -0.000125. The van der Waals surface area contributed by atoms with E-state index in [1.54, 1.807) is 17.0 Å². The minimum absolute atomic E-state index is 0.0000625. The lowest BCUT2D eigenvalue weighted by Gasteiger charge is -2.35. The lowest BCUT2D eigenvalue weighted by molar-refractivity contribution is -0.0530. The van der Waals surface area contributed by atoms with Gasteiger partial charge in [-0.05, 0) is 32.0 Å². The number of nitrogens with one attached hydrogen (secondary N) is 1. The average molecular weight is 337 g/mol. The molecule has 2 fully saturated rings. The number of hydrogen-bond donors (Lipinski definition) is 1. The quantitative estimate of drug-likeness (QED) is 0.900. The third-order valence-corrected chi connectivity index (χ3v) is 4.26. The first-order valence-corrected chi connectivity index (χ1v) is 8.36. The molecule has 0 aromatic heterocycles. The number of anilines is 2. The maximum atomic E-state index is 14.4. The van der Waals surface area contributed by atoms with Crippen molar-refractivity contribution >= 4 is 17.4 Å². The van der Waals surface area contributed by atoms with Gasteiger partial charge >= 0.3 is 6.03 Å². The van der Waals surface area contributed by atoms with Gasteiger partial charge in [-0.2, -0.15) is 0 Å². The Hall–Kier alpha value is -1.86. The van der Waals surface area contributed by atoms with Gasteiger partial charge in [0.05, 0.1) is 31.1 Å². The Balaban J connectivity index is 1.64. The van der Waals surface area contributed by atoms with E-state index in [0.717, 1.165) is 0 Å². The highest BCUT2D eigenvalue weighted by Crippen LogP contribution is 2.24. The maximum absolute atomic E-state index is 14.4. The molecule has 2 atom stereocenters. The molecule has 1 aromatic rings. The minimum atomic E-state index is -0.335. The normalized spacial score (nSPS) is 24.8. The van der Waals surface area contributed by atoms with Crippen LogP contribution in [0.25, 0.3) is 0 Å². The van der Waals surface area contributed by atoms with E-state index in [4.69, 9.17) is 9.47 Å². The largest absolute Gasteiger partial charge is 0.378 e. The van der Waals surface area contributed by atoms with Gasteiger partial charge in [0.2, 0.25) is 0 Å². The zero-order valence-corrected chi connectivity index (χ0v) is 14.1. The van der Waals surface area contributed by atoms with Gasteiger partial charge in [0, 0.05) is 31.9 Å². The van der Waals surface area contributed by atoms with Crippen LogP contribution in [0.1, 0.15) is 13.8 Å². The third-order valence-electron chi connectivity index (χ3n) is 4.26. The van der Waals surface area contributed by atoms with Crippen LogP contribution in [0.3, 0.4) is 0 Å². The zero-order chi connectivity index (χ0) is 17.1. The van der Waals surface area contributed by atoms with Crippen LogP contribution in [0, 0.1) is 5.82 Å². The van der Waals surface area contributed by atoms with Crippen LogP contribution >= 0.6 is 0 Å². The number of amides is 2. The van der Waals surface area contributed by atoms with Crippen LogP contribution in [-0.4, -0.2) is 62.5 Å². The molecule has 6 nitrogen and oxygen atoms in total. The van der Waals surface area contributed by atoms with Gasteiger partial charge in [-0.3, -0.25) is 0 Å². The van der Waals surface area contributed by atoms with Crippen molar-refractivity contribution < 1.29 is 18.7 Å². The molecule has 1 aromatic carbocycles. The van der Waals surface area contributed by atoms with E-state index in [-0.39, 0.29) is 24.1 Å². The number of ether oxygens (including phenoxy) is 2. The van der Waals surface area contributed by atoms with Crippen molar-refractivity contribution in [1.29, 1.82) is 0 Å². The summed E-state index contributed by atoms with van der Waals surface area (Å²) in [6.45, 7) is 7.49. The van der Waals surface area contributed by atoms with Crippen molar-refractivity contribution in [3.05, 3.63) is 24.0 Å². The van der Waals surface area contributed by atoms with E-state index in [2.05, 4.69) is 5.32 Å². The van der Waals surface area contributed by atoms with E-state index < -0.39 is 0 Å². The summed E-state index contributed by atoms with van der Waals surface area (Å²) in [7, 11) is 0. The topological polar surface area (TPSA) is 54.0 Å². The van der Waals surface area contributed by atoms with Crippen LogP contribution in [0.2, 0.25) is 0 Å². The molecule has 0 bridgehead atoms. The first kappa shape index (κ1) is 17.0. The second-order valence-electron chi connectivity index (χ2n) is 6.36. The number of carbonyl (C=O) groups is 1. The van der Waals surface area contributed by atoms with Gasteiger partial charge in [-0.1, -0.05) is 0 Å². The molecule has 3 rings (SSSR count). The summed E-state index contributed by atoms with van der Waals surface area (Å²) in [6, 6.07) is 4.59. The number of urea groups is 1. The lowest BCUT2D eigenvalue weighted by Crippen LogP contribution is -2.49. The molecule has 2 heterocycles. The van der Waals surface area contributed by atoms with E-state index in [1.165, 1.54) is 6.07 Å². The number of morpholine rings is 2. The van der Waals surface area contributed by atoms with Crippen molar-refractivity contribution in [2.75, 3.05) is 49.6 Å². The number of nitrogens with zero attached hydrogens (tertiary/aromatic N) is 2. The molecule has 0 saturated carbocycles. The molecule has 1 N–H and O–H groups in total. The summed E-state index contributed by atoms with van der Waals surface area (Å²) in [5.41, 5.74) is 1.01. The van der Waals surface area contributed by atoms with Gasteiger partial charge in [0.25, 0.3) is 0 Å². The van der Waals surface area contributed by atoms with Crippen LogP contribution in [0.15, 0.2) is 18.2 Å². The molecule has 2 amide bonds. The number of hydrogen-bond acceptors (Lipinski definition) is 4. The number of benzene rings is 1. The van der Waals surface area contributed by atoms with E-state index >= 15 is 0 Å². The molecule has 132 valence electrons. The van der Waals surface area contributed by atoms with Crippen molar-refractivity contribution in [2.45, 2.75) is 26.1 Å². The summed E-state index contributed by atoms with van der Waals surface area (Å²) in [4.78, 5) is 16.0. The average Bonchev–Trinajstić information content (AvgIpc) is 2.55. The van der Waals surface area contributed by atoms with E-state index in [0.29, 0.717) is 50.8 Å². The smallest absolute Gasteiger partial charge is 0.322 e. The fourth-order valence-electron chi connectivity index (χ4n) is 3.19. The molecule has 7 heteroatoms. The van der Waals surface area contributed by atoms with Crippen LogP contribution in [-0.2, 0) is 9.47 Å². The molecule has 0 spiro atoms. The lowest BCUT2D eigenvalue weighted by atomic mass is 10.2. The Morgan fingerprint density at radius 3 is 2.50 bits per heavy atom. The maximum Gasteiger partial charge on any atom is 0.322 e. The van der Waals surface area contributed by atoms with Gasteiger partial charge < -0.3 is 24.6 Å². The van der Waals surface area contributed by atoms with Gasteiger partial charge in [-0.25, -0.2) is 9.18 Å². The zero-order valence-electron chi connectivity index (χ0n) is 14.1. The minimum Gasteiger partial charge on any atom is -0.378 e. The van der Waals surface area contributed by atoms with Crippen LogP contribution < -0.4 is 10.2 Å². The molecule has 24 heavy (non-hydrogen) atoms. The Bertz CT molecular complexity index is 582. The summed E-state index contributed by atoms with van der Waals surface area (Å²) < 4.78 is 25.3. The van der Waals surface area contributed by atoms with Gasteiger partial charge in [-0.15, -0.1) is 0 Å². The molecule has 0 radical (unpaired) electrons. The summed E-state index contributed by atoms with van der Waals surface area (Å²) in [5.74, 6) is -0.335. The van der Waals surface area contributed by atoms with Crippen molar-refractivity contribution in [2.24, 2.45) is 0 Å². The molecule has 2 aliphatic rings. The third kappa shape index (κ3) is 3.96. The highest BCUT2D eigenvalue weighted by Gasteiger charge is 2.26. The second kappa shape index (κ2) is 7.36. The van der Waals surface area contributed by atoms with Crippen molar-refractivity contribution in [1.82, 2.24) is 4.90 Å². The molecule has 2 unspecified atom stereocenters. The first-order valence-electron chi connectivity index (χ1n) is 8.36. The Kier molecular flexibility index (Phi) is 5.20. The number of halogens is 1. The van der Waals surface area contributed by atoms with E-state index in [1.807, 2.05) is 18.7 Å². The Labute approximate surface area is 141 Å². The molecular formula is C17H24FN3O3. The van der Waals surface area contributed by atoms with Crippen molar-refractivity contribution in [3.63, 3.8) is 0 Å². The monoisotopic (exact) mass is 337 g/mol. The summed E-state index contributed by atoms with van der Waals surface area (Å²) >= 11 is 0. The fourth-order valence-corrected chi connectivity index (χ4v) is 3.19. The SMILES string of the molecule is CC1CN(C(=O)Nc2ccc(N3CCOCC3)c(F)c2)CC(C)O1. The highest BCUT2D eigenvalue weighted by molar-refractivity contribution is 5.89. The predicted molar refractivity (Wildman–Crippen MR) is 90.0 cm³/mol. The van der Waals surface area contributed by atoms with Crippen LogP contribution in [0.4, 0.5) is 20.6 Å². The fraction of sp³-hybridized carbons (Fsp3) is 0.588. The number of carbonyl (C=O) groups excluding carboxylic acids is 1. The first-order chi connectivity index (χ1) is 11.5. The van der Waals surface area contributed by atoms with Gasteiger partial charge in [0.1, 0.15) is 5.82 Å². The Morgan fingerprint density at radius 1 is 1.21 bits per heavy atom. The van der Waals surface area contributed by atoms with E-state index in [9.17, 15) is 9.18 Å². The molecule has 0 aliphatic carbocycles. The number of rotatable bonds is 2.